The molecular weight excluding hydrogens is 370 g/mol. The van der Waals surface area contributed by atoms with E-state index in [1.54, 1.807) is 0 Å². The molecule has 0 bridgehead atoms. The molecule has 0 aromatic carbocycles. The fourth-order valence-electron chi connectivity index (χ4n) is 3.70. The predicted octanol–water partition coefficient (Wildman–Crippen LogP) is 8.19. The maximum atomic E-state index is 11.9. The van der Waals surface area contributed by atoms with Gasteiger partial charge in [0.25, 0.3) is 0 Å². The molecule has 0 unspecified atom stereocenters. The van der Waals surface area contributed by atoms with Crippen molar-refractivity contribution in [1.29, 1.82) is 0 Å². The molecule has 0 aromatic heterocycles. The van der Waals surface area contributed by atoms with Crippen LogP contribution in [0.2, 0.25) is 0 Å². The molecule has 0 aromatic rings. The summed E-state index contributed by atoms with van der Waals surface area (Å²) >= 11 is 0. The van der Waals surface area contributed by atoms with E-state index >= 15 is 0 Å². The van der Waals surface area contributed by atoms with Gasteiger partial charge in [0.05, 0.1) is 0 Å². The van der Waals surface area contributed by atoms with Gasteiger partial charge in [-0.3, -0.25) is 0 Å². The van der Waals surface area contributed by atoms with Crippen LogP contribution in [0.3, 0.4) is 0 Å². The number of hydrogen-bond donors (Lipinski definition) is 1. The molecule has 1 amide bonds. The lowest BCUT2D eigenvalue weighted by atomic mass is 9.96. The van der Waals surface area contributed by atoms with E-state index in [2.05, 4.69) is 58.2 Å². The molecule has 1 fully saturated rings. The molecule has 1 rings (SSSR count). The quantitative estimate of drug-likeness (QED) is 0.326. The first-order chi connectivity index (χ1) is 14.4. The van der Waals surface area contributed by atoms with Gasteiger partial charge in [-0.1, -0.05) is 59.8 Å². The molecule has 3 nitrogen and oxygen atoms in total. The van der Waals surface area contributed by atoms with Crippen LogP contribution in [0.4, 0.5) is 4.79 Å². The van der Waals surface area contributed by atoms with E-state index in [-0.39, 0.29) is 6.09 Å². The molecule has 170 valence electrons. The topological polar surface area (TPSA) is 38.3 Å². The van der Waals surface area contributed by atoms with Gasteiger partial charge >= 0.3 is 6.09 Å². The summed E-state index contributed by atoms with van der Waals surface area (Å²) in [5, 5.41) is 2.99. The summed E-state index contributed by atoms with van der Waals surface area (Å²) in [5.74, 6) is 0. The molecule has 1 aliphatic rings. The molecule has 1 N–H and O–H groups in total. The summed E-state index contributed by atoms with van der Waals surface area (Å²) in [5.41, 5.74) is 5.63. The Kier molecular flexibility index (Phi) is 14.0. The molecule has 30 heavy (non-hydrogen) atoms. The minimum atomic E-state index is -0.272. The van der Waals surface area contributed by atoms with Gasteiger partial charge in [0.2, 0.25) is 0 Å². The second-order valence-corrected chi connectivity index (χ2v) is 9.13. The van der Waals surface area contributed by atoms with Crippen molar-refractivity contribution in [2.24, 2.45) is 0 Å². The van der Waals surface area contributed by atoms with E-state index in [0.717, 1.165) is 44.9 Å². The van der Waals surface area contributed by atoms with Crippen molar-refractivity contribution in [3.05, 3.63) is 46.6 Å². The molecular formula is C27H45NO2. The number of ether oxygens (including phenoxy) is 1. The zero-order valence-corrected chi connectivity index (χ0v) is 20.2. The second kappa shape index (κ2) is 16.0. The van der Waals surface area contributed by atoms with Crippen LogP contribution in [-0.4, -0.2) is 18.7 Å². The van der Waals surface area contributed by atoms with Gasteiger partial charge in [0.1, 0.15) is 6.61 Å². The number of allylic oxidation sites excluding steroid dienone is 7. The summed E-state index contributed by atoms with van der Waals surface area (Å²) in [6, 6.07) is 0.306. The Labute approximate surface area is 185 Å². The minimum Gasteiger partial charge on any atom is -0.445 e. The SMILES string of the molecule is CC(C)=CCC/C(C)=C/CC/C(C)=C/CC/C(C)=C/COC(=O)NC1CCCCC1. The molecule has 1 saturated carbocycles. The standard InChI is InChI=1S/C27H45NO2/c1-22(2)12-9-13-23(3)14-10-15-24(4)16-11-17-25(5)20-21-30-27(29)28-26-18-7-6-8-19-26/h12,14,16,20,26H,6-11,13,15,17-19,21H2,1-5H3,(H,28,29)/b23-14+,24-16+,25-20+. The fraction of sp³-hybridized carbons (Fsp3) is 0.667. The third-order valence-corrected chi connectivity index (χ3v) is 5.73. The van der Waals surface area contributed by atoms with Crippen LogP contribution >= 0.6 is 0 Å². The van der Waals surface area contributed by atoms with E-state index in [1.165, 1.54) is 48.0 Å². The lowest BCUT2D eigenvalue weighted by molar-refractivity contribution is 0.150. The fourth-order valence-corrected chi connectivity index (χ4v) is 3.70. The van der Waals surface area contributed by atoms with Crippen LogP contribution < -0.4 is 5.32 Å². The lowest BCUT2D eigenvalue weighted by Gasteiger charge is -2.22. The van der Waals surface area contributed by atoms with Crippen molar-refractivity contribution in [2.45, 2.75) is 111 Å². The summed E-state index contributed by atoms with van der Waals surface area (Å²) in [4.78, 5) is 11.9. The highest BCUT2D eigenvalue weighted by Crippen LogP contribution is 2.17. The van der Waals surface area contributed by atoms with Crippen molar-refractivity contribution >= 4 is 6.09 Å². The minimum absolute atomic E-state index is 0.272. The van der Waals surface area contributed by atoms with Gasteiger partial charge < -0.3 is 10.1 Å². The van der Waals surface area contributed by atoms with Gasteiger partial charge in [-0.2, -0.15) is 0 Å². The summed E-state index contributed by atoms with van der Waals surface area (Å²) in [7, 11) is 0. The smallest absolute Gasteiger partial charge is 0.407 e. The van der Waals surface area contributed by atoms with Crippen LogP contribution in [0, 0.1) is 0 Å². The third kappa shape index (κ3) is 14.3. The van der Waals surface area contributed by atoms with Crippen LogP contribution in [0.5, 0.6) is 0 Å². The van der Waals surface area contributed by atoms with Crippen molar-refractivity contribution in [3.8, 4) is 0 Å². The summed E-state index contributed by atoms with van der Waals surface area (Å²) < 4.78 is 5.31. The highest BCUT2D eigenvalue weighted by atomic mass is 16.5. The normalized spacial score (nSPS) is 16.4. The van der Waals surface area contributed by atoms with Gasteiger partial charge in [0, 0.05) is 6.04 Å². The second-order valence-electron chi connectivity index (χ2n) is 9.13. The van der Waals surface area contributed by atoms with Crippen LogP contribution in [-0.2, 0) is 4.74 Å². The average molecular weight is 416 g/mol. The van der Waals surface area contributed by atoms with Crippen molar-refractivity contribution in [3.63, 3.8) is 0 Å². The Balaban J connectivity index is 2.16. The van der Waals surface area contributed by atoms with Gasteiger partial charge in [-0.25, -0.2) is 4.79 Å². The molecule has 0 spiro atoms. The van der Waals surface area contributed by atoms with E-state index in [9.17, 15) is 4.79 Å². The zero-order valence-electron chi connectivity index (χ0n) is 20.2. The Hall–Kier alpha value is -1.77. The predicted molar refractivity (Wildman–Crippen MR) is 130 cm³/mol. The first-order valence-electron chi connectivity index (χ1n) is 11.9. The van der Waals surface area contributed by atoms with Gasteiger partial charge in [0.15, 0.2) is 0 Å². The van der Waals surface area contributed by atoms with E-state index < -0.39 is 0 Å². The third-order valence-electron chi connectivity index (χ3n) is 5.73. The highest BCUT2D eigenvalue weighted by Gasteiger charge is 2.15. The van der Waals surface area contributed by atoms with Crippen LogP contribution in [0.15, 0.2) is 46.6 Å². The maximum Gasteiger partial charge on any atom is 0.407 e. The number of carbonyl (C=O) groups is 1. The number of rotatable bonds is 12. The number of nitrogens with one attached hydrogen (secondary N) is 1. The van der Waals surface area contributed by atoms with Crippen LogP contribution in [0.1, 0.15) is 105 Å². The van der Waals surface area contributed by atoms with Crippen molar-refractivity contribution in [2.75, 3.05) is 6.61 Å². The average Bonchev–Trinajstić information content (AvgIpc) is 2.68. The van der Waals surface area contributed by atoms with E-state index in [0.29, 0.717) is 12.6 Å². The molecule has 3 heteroatoms. The number of hydrogen-bond acceptors (Lipinski definition) is 2. The number of amides is 1. The first-order valence-corrected chi connectivity index (χ1v) is 11.9. The Morgan fingerprint density at radius 2 is 1.27 bits per heavy atom. The Morgan fingerprint density at radius 3 is 1.80 bits per heavy atom. The molecule has 0 radical (unpaired) electrons. The van der Waals surface area contributed by atoms with Crippen LogP contribution in [0.25, 0.3) is 0 Å². The summed E-state index contributed by atoms with van der Waals surface area (Å²) in [6.07, 6.45) is 21.3. The molecule has 0 heterocycles. The largest absolute Gasteiger partial charge is 0.445 e. The molecule has 1 aliphatic carbocycles. The van der Waals surface area contributed by atoms with E-state index in [4.69, 9.17) is 4.74 Å². The highest BCUT2D eigenvalue weighted by molar-refractivity contribution is 5.67. The summed E-state index contributed by atoms with van der Waals surface area (Å²) in [6.45, 7) is 11.3. The number of carbonyl (C=O) groups excluding carboxylic acids is 1. The molecule has 0 aliphatic heterocycles. The Bertz CT molecular complexity index is 615. The Morgan fingerprint density at radius 1 is 0.767 bits per heavy atom. The monoisotopic (exact) mass is 415 g/mol. The number of alkyl carbamates (subject to hydrolysis) is 1. The van der Waals surface area contributed by atoms with Crippen molar-refractivity contribution in [1.82, 2.24) is 5.32 Å². The first kappa shape index (κ1) is 26.3. The van der Waals surface area contributed by atoms with Gasteiger partial charge in [-0.05, 0) is 92.1 Å². The zero-order chi connectivity index (χ0) is 22.2. The van der Waals surface area contributed by atoms with E-state index in [1.807, 2.05) is 6.08 Å². The lowest BCUT2D eigenvalue weighted by Crippen LogP contribution is -2.36. The molecule has 0 saturated heterocycles. The molecule has 0 atom stereocenters. The maximum absolute atomic E-state index is 11.9. The van der Waals surface area contributed by atoms with Gasteiger partial charge in [-0.15, -0.1) is 0 Å². The van der Waals surface area contributed by atoms with Crippen molar-refractivity contribution < 1.29 is 9.53 Å².